The molecule has 0 saturated heterocycles. The average Bonchev–Trinajstić information content (AvgIpc) is 2.00. The first-order valence-corrected chi connectivity index (χ1v) is 5.17. The van der Waals surface area contributed by atoms with Crippen molar-refractivity contribution in [2.24, 2.45) is 5.92 Å². The molecule has 0 amide bonds. The second-order valence-electron chi connectivity index (χ2n) is 4.53. The predicted octanol–water partition coefficient (Wildman–Crippen LogP) is 3.21. The lowest BCUT2D eigenvalue weighted by Gasteiger charge is -2.28. The molecular weight excluding hydrogens is 164 g/mol. The molecule has 0 spiro atoms. The molecule has 1 atom stereocenters. The minimum absolute atomic E-state index is 0.0730. The molecule has 0 saturated carbocycles. The fourth-order valence-electron chi connectivity index (χ4n) is 0.895. The highest BCUT2D eigenvalue weighted by atomic mass is 16.7. The molecule has 0 bridgehead atoms. The van der Waals surface area contributed by atoms with Crippen molar-refractivity contribution in [2.45, 2.75) is 59.9 Å². The van der Waals surface area contributed by atoms with Crippen LogP contribution in [0.5, 0.6) is 0 Å². The highest BCUT2D eigenvalue weighted by Crippen LogP contribution is 2.16. The van der Waals surface area contributed by atoms with Gasteiger partial charge in [0.15, 0.2) is 6.29 Å². The van der Waals surface area contributed by atoms with Crippen molar-refractivity contribution in [3.63, 3.8) is 0 Å². The summed E-state index contributed by atoms with van der Waals surface area (Å²) < 4.78 is 11.2. The van der Waals surface area contributed by atoms with E-state index in [1.165, 1.54) is 0 Å². The quantitative estimate of drug-likeness (QED) is 0.596. The summed E-state index contributed by atoms with van der Waals surface area (Å²) in [7, 11) is 0. The molecular formula is C11H24O2. The summed E-state index contributed by atoms with van der Waals surface area (Å²) in [6.07, 6.45) is 0.903. The topological polar surface area (TPSA) is 18.5 Å². The summed E-state index contributed by atoms with van der Waals surface area (Å²) in [5.41, 5.74) is -0.0730. The number of rotatable bonds is 6. The summed E-state index contributed by atoms with van der Waals surface area (Å²) in [5, 5.41) is 0. The number of hydrogen-bond acceptors (Lipinski definition) is 2. The van der Waals surface area contributed by atoms with Crippen LogP contribution in [0.4, 0.5) is 0 Å². The third kappa shape index (κ3) is 7.03. The van der Waals surface area contributed by atoms with Crippen LogP contribution in [0.15, 0.2) is 0 Å². The van der Waals surface area contributed by atoms with Crippen molar-refractivity contribution in [1.82, 2.24) is 0 Å². The Hall–Kier alpha value is -0.0800. The van der Waals surface area contributed by atoms with E-state index in [0.29, 0.717) is 5.92 Å². The third-order valence-corrected chi connectivity index (χ3v) is 2.00. The van der Waals surface area contributed by atoms with Crippen LogP contribution >= 0.6 is 0 Å². The van der Waals surface area contributed by atoms with Gasteiger partial charge in [-0.15, -0.1) is 0 Å². The van der Waals surface area contributed by atoms with Gasteiger partial charge < -0.3 is 9.47 Å². The molecule has 2 heteroatoms. The Balaban J connectivity index is 3.67. The van der Waals surface area contributed by atoms with E-state index in [4.69, 9.17) is 9.47 Å². The van der Waals surface area contributed by atoms with Crippen LogP contribution in [-0.4, -0.2) is 18.5 Å². The molecule has 0 aromatic heterocycles. The van der Waals surface area contributed by atoms with Gasteiger partial charge in [0.05, 0.1) is 12.2 Å². The first-order valence-electron chi connectivity index (χ1n) is 5.17. The molecule has 80 valence electrons. The van der Waals surface area contributed by atoms with E-state index in [2.05, 4.69) is 34.6 Å². The molecule has 0 rings (SSSR count). The summed E-state index contributed by atoms with van der Waals surface area (Å²) in [5.74, 6) is 0.566. The van der Waals surface area contributed by atoms with Gasteiger partial charge in [-0.1, -0.05) is 20.8 Å². The first-order chi connectivity index (χ1) is 5.87. The van der Waals surface area contributed by atoms with Crippen molar-refractivity contribution in [3.8, 4) is 0 Å². The molecule has 0 N–H and O–H groups in total. The van der Waals surface area contributed by atoms with Gasteiger partial charge in [-0.3, -0.25) is 0 Å². The smallest absolute Gasteiger partial charge is 0.155 e. The maximum Gasteiger partial charge on any atom is 0.155 e. The summed E-state index contributed by atoms with van der Waals surface area (Å²) in [6, 6.07) is 0. The predicted molar refractivity (Wildman–Crippen MR) is 55.7 cm³/mol. The molecule has 0 aliphatic heterocycles. The maximum absolute atomic E-state index is 5.72. The van der Waals surface area contributed by atoms with Gasteiger partial charge in [0.25, 0.3) is 0 Å². The first kappa shape index (κ1) is 12.9. The van der Waals surface area contributed by atoms with Gasteiger partial charge in [0.1, 0.15) is 0 Å². The highest BCUT2D eigenvalue weighted by Gasteiger charge is 2.19. The Kier molecular flexibility index (Phi) is 5.57. The Morgan fingerprint density at radius 3 is 2.08 bits per heavy atom. The fraction of sp³-hybridized carbons (Fsp3) is 1.00. The molecule has 0 heterocycles. The minimum Gasteiger partial charge on any atom is -0.353 e. The minimum atomic E-state index is -0.0997. The monoisotopic (exact) mass is 188 g/mol. The summed E-state index contributed by atoms with van der Waals surface area (Å²) in [4.78, 5) is 0. The van der Waals surface area contributed by atoms with E-state index < -0.39 is 0 Å². The second kappa shape index (κ2) is 5.61. The normalized spacial score (nSPS) is 15.0. The largest absolute Gasteiger partial charge is 0.353 e. The van der Waals surface area contributed by atoms with Crippen LogP contribution in [0.1, 0.15) is 48.0 Å². The van der Waals surface area contributed by atoms with Crippen LogP contribution in [0.3, 0.4) is 0 Å². The Bertz CT molecular complexity index is 130. The lowest BCUT2D eigenvalue weighted by molar-refractivity contribution is -0.195. The molecule has 2 nitrogen and oxygen atoms in total. The number of ether oxygens (including phenoxy) is 2. The van der Waals surface area contributed by atoms with Crippen LogP contribution < -0.4 is 0 Å². The van der Waals surface area contributed by atoms with Gasteiger partial charge in [-0.2, -0.15) is 0 Å². The zero-order chi connectivity index (χ0) is 10.5. The summed E-state index contributed by atoms with van der Waals surface area (Å²) >= 11 is 0. The third-order valence-electron chi connectivity index (χ3n) is 2.00. The fourth-order valence-corrected chi connectivity index (χ4v) is 0.895. The van der Waals surface area contributed by atoms with Crippen LogP contribution in [0, 0.1) is 5.92 Å². The van der Waals surface area contributed by atoms with Gasteiger partial charge >= 0.3 is 0 Å². The molecule has 0 radical (unpaired) electrons. The van der Waals surface area contributed by atoms with Gasteiger partial charge in [-0.25, -0.2) is 0 Å². The standard InChI is InChI=1S/C11H24O2/c1-7-11(5,6)13-10(4)12-8-9(2)3/h9-10H,7-8H2,1-6H3. The zero-order valence-corrected chi connectivity index (χ0v) is 9.89. The van der Waals surface area contributed by atoms with E-state index in [1.54, 1.807) is 0 Å². The Labute approximate surface area is 82.6 Å². The molecule has 0 fully saturated rings. The maximum atomic E-state index is 5.72. The molecule has 13 heavy (non-hydrogen) atoms. The Morgan fingerprint density at radius 1 is 1.15 bits per heavy atom. The van der Waals surface area contributed by atoms with E-state index in [9.17, 15) is 0 Å². The van der Waals surface area contributed by atoms with Gasteiger partial charge in [0.2, 0.25) is 0 Å². The lowest BCUT2D eigenvalue weighted by atomic mass is 10.1. The molecule has 0 aromatic rings. The van der Waals surface area contributed by atoms with Crippen LogP contribution in [-0.2, 0) is 9.47 Å². The SMILES string of the molecule is CCC(C)(C)OC(C)OCC(C)C. The summed E-state index contributed by atoms with van der Waals surface area (Å²) in [6.45, 7) is 13.3. The highest BCUT2D eigenvalue weighted by molar-refractivity contribution is 4.65. The Morgan fingerprint density at radius 2 is 1.69 bits per heavy atom. The molecule has 0 aliphatic carbocycles. The van der Waals surface area contributed by atoms with Crippen molar-refractivity contribution < 1.29 is 9.47 Å². The van der Waals surface area contributed by atoms with Crippen molar-refractivity contribution >= 4 is 0 Å². The average molecular weight is 188 g/mol. The molecule has 0 aromatic carbocycles. The second-order valence-corrected chi connectivity index (χ2v) is 4.53. The molecule has 1 unspecified atom stereocenters. The lowest BCUT2D eigenvalue weighted by Crippen LogP contribution is -2.30. The van der Waals surface area contributed by atoms with Crippen molar-refractivity contribution in [3.05, 3.63) is 0 Å². The van der Waals surface area contributed by atoms with Crippen molar-refractivity contribution in [2.75, 3.05) is 6.61 Å². The number of hydrogen-bond donors (Lipinski definition) is 0. The van der Waals surface area contributed by atoms with E-state index in [1.807, 2.05) is 6.92 Å². The van der Waals surface area contributed by atoms with Gasteiger partial charge in [0, 0.05) is 0 Å². The van der Waals surface area contributed by atoms with Gasteiger partial charge in [-0.05, 0) is 33.1 Å². The van der Waals surface area contributed by atoms with Crippen molar-refractivity contribution in [1.29, 1.82) is 0 Å². The van der Waals surface area contributed by atoms with Crippen LogP contribution in [0.25, 0.3) is 0 Å². The molecule has 0 aliphatic rings. The van der Waals surface area contributed by atoms with Crippen LogP contribution in [0.2, 0.25) is 0 Å². The zero-order valence-electron chi connectivity index (χ0n) is 9.89. The van der Waals surface area contributed by atoms with E-state index in [-0.39, 0.29) is 11.9 Å². The van der Waals surface area contributed by atoms with E-state index in [0.717, 1.165) is 13.0 Å². The van der Waals surface area contributed by atoms with E-state index >= 15 is 0 Å².